The van der Waals surface area contributed by atoms with Gasteiger partial charge in [0.2, 0.25) is 0 Å². The Balaban J connectivity index is 2.17. The Morgan fingerprint density at radius 2 is 2.22 bits per heavy atom. The second-order valence-corrected chi connectivity index (χ2v) is 4.71. The standard InChI is InChI=1S/C13H17FN2O2/c1-18-13(16-6-3-11(17)4-7-16)5-2-10(9-15)12(14)8-13/h2,5,11,17H,3-4,6-8H2,1H3. The number of allylic oxidation sites excluding steroid dienone is 2. The summed E-state index contributed by atoms with van der Waals surface area (Å²) in [7, 11) is 1.54. The Morgan fingerprint density at radius 3 is 2.72 bits per heavy atom. The van der Waals surface area contributed by atoms with Crippen molar-refractivity contribution in [3.05, 3.63) is 23.6 Å². The summed E-state index contributed by atoms with van der Waals surface area (Å²) >= 11 is 0. The number of rotatable bonds is 2. The van der Waals surface area contributed by atoms with Crippen LogP contribution < -0.4 is 0 Å². The van der Waals surface area contributed by atoms with Crippen molar-refractivity contribution in [2.24, 2.45) is 0 Å². The summed E-state index contributed by atoms with van der Waals surface area (Å²) in [6.45, 7) is 1.32. The van der Waals surface area contributed by atoms with Gasteiger partial charge in [-0.25, -0.2) is 4.39 Å². The lowest BCUT2D eigenvalue weighted by Crippen LogP contribution is -2.53. The van der Waals surface area contributed by atoms with Crippen molar-refractivity contribution in [2.45, 2.75) is 31.1 Å². The summed E-state index contributed by atoms with van der Waals surface area (Å²) in [5, 5.41) is 18.3. The van der Waals surface area contributed by atoms with Crippen LogP contribution in [0.15, 0.2) is 23.6 Å². The number of hydrogen-bond donors (Lipinski definition) is 1. The number of likely N-dealkylation sites (tertiary alicyclic amines) is 1. The highest BCUT2D eigenvalue weighted by molar-refractivity contribution is 5.40. The maximum absolute atomic E-state index is 13.8. The van der Waals surface area contributed by atoms with Gasteiger partial charge in [-0.1, -0.05) is 0 Å². The summed E-state index contributed by atoms with van der Waals surface area (Å²) in [5.41, 5.74) is -0.746. The zero-order chi connectivity index (χ0) is 13.2. The number of aliphatic hydroxyl groups is 1. The van der Waals surface area contributed by atoms with Crippen molar-refractivity contribution in [1.82, 2.24) is 4.90 Å². The van der Waals surface area contributed by atoms with E-state index in [1.807, 2.05) is 11.0 Å². The van der Waals surface area contributed by atoms with E-state index in [1.54, 1.807) is 13.2 Å². The number of hydrogen-bond acceptors (Lipinski definition) is 4. The fourth-order valence-corrected chi connectivity index (χ4v) is 2.51. The first-order valence-corrected chi connectivity index (χ1v) is 6.07. The van der Waals surface area contributed by atoms with Gasteiger partial charge in [-0.15, -0.1) is 0 Å². The van der Waals surface area contributed by atoms with E-state index in [0.29, 0.717) is 25.9 Å². The van der Waals surface area contributed by atoms with Crippen LogP contribution in [0.4, 0.5) is 4.39 Å². The summed E-state index contributed by atoms with van der Waals surface area (Å²) in [6, 6.07) is 1.83. The van der Waals surface area contributed by atoms with Gasteiger partial charge < -0.3 is 9.84 Å². The lowest BCUT2D eigenvalue weighted by atomic mass is 9.94. The van der Waals surface area contributed by atoms with Crippen molar-refractivity contribution < 1.29 is 14.2 Å². The molecule has 2 rings (SSSR count). The van der Waals surface area contributed by atoms with Gasteiger partial charge in [0.1, 0.15) is 17.6 Å². The van der Waals surface area contributed by atoms with E-state index >= 15 is 0 Å². The Kier molecular flexibility index (Phi) is 3.81. The van der Waals surface area contributed by atoms with E-state index in [-0.39, 0.29) is 18.1 Å². The highest BCUT2D eigenvalue weighted by atomic mass is 19.1. The quantitative estimate of drug-likeness (QED) is 0.809. The molecule has 0 amide bonds. The molecule has 2 aliphatic rings. The fourth-order valence-electron chi connectivity index (χ4n) is 2.51. The van der Waals surface area contributed by atoms with Crippen LogP contribution in [0.5, 0.6) is 0 Å². The van der Waals surface area contributed by atoms with Crippen molar-refractivity contribution in [2.75, 3.05) is 20.2 Å². The van der Waals surface area contributed by atoms with Gasteiger partial charge in [0, 0.05) is 26.6 Å². The van der Waals surface area contributed by atoms with E-state index in [1.165, 1.54) is 6.08 Å². The second kappa shape index (κ2) is 5.19. The van der Waals surface area contributed by atoms with Crippen molar-refractivity contribution in [3.8, 4) is 6.07 Å². The van der Waals surface area contributed by atoms with Crippen molar-refractivity contribution >= 4 is 0 Å². The van der Waals surface area contributed by atoms with Gasteiger partial charge in [-0.2, -0.15) is 5.26 Å². The third kappa shape index (κ3) is 2.32. The Bertz CT molecular complexity index is 419. The van der Waals surface area contributed by atoms with E-state index in [2.05, 4.69) is 0 Å². The summed E-state index contributed by atoms with van der Waals surface area (Å²) < 4.78 is 19.3. The largest absolute Gasteiger partial charge is 0.393 e. The normalized spacial score (nSPS) is 30.6. The maximum Gasteiger partial charge on any atom is 0.147 e. The number of ether oxygens (including phenoxy) is 1. The Morgan fingerprint density at radius 1 is 1.56 bits per heavy atom. The van der Waals surface area contributed by atoms with Crippen LogP contribution in [-0.2, 0) is 4.74 Å². The zero-order valence-electron chi connectivity index (χ0n) is 10.4. The smallest absolute Gasteiger partial charge is 0.147 e. The van der Waals surface area contributed by atoms with E-state index in [0.717, 1.165) is 0 Å². The molecule has 4 nitrogen and oxygen atoms in total. The van der Waals surface area contributed by atoms with Crippen LogP contribution in [0.1, 0.15) is 19.3 Å². The van der Waals surface area contributed by atoms with Gasteiger partial charge >= 0.3 is 0 Å². The SMILES string of the molecule is COC1(N2CCC(O)CC2)C=CC(C#N)=C(F)C1. The third-order valence-corrected chi connectivity index (χ3v) is 3.68. The molecular weight excluding hydrogens is 235 g/mol. The molecule has 1 atom stereocenters. The molecule has 1 heterocycles. The number of methoxy groups -OCH3 is 1. The minimum Gasteiger partial charge on any atom is -0.393 e. The van der Waals surface area contributed by atoms with Crippen LogP contribution >= 0.6 is 0 Å². The number of halogens is 1. The van der Waals surface area contributed by atoms with Crippen molar-refractivity contribution in [3.63, 3.8) is 0 Å². The monoisotopic (exact) mass is 252 g/mol. The molecule has 0 bridgehead atoms. The van der Waals surface area contributed by atoms with Gasteiger partial charge in [0.05, 0.1) is 11.7 Å². The topological polar surface area (TPSA) is 56.5 Å². The highest BCUT2D eigenvalue weighted by Gasteiger charge is 2.39. The maximum atomic E-state index is 13.8. The molecule has 5 heteroatoms. The van der Waals surface area contributed by atoms with Gasteiger partial charge in [-0.3, -0.25) is 4.90 Å². The van der Waals surface area contributed by atoms with Gasteiger partial charge in [-0.05, 0) is 25.0 Å². The molecule has 1 aliphatic heterocycles. The molecule has 1 saturated heterocycles. The molecular formula is C13H17FN2O2. The molecule has 1 unspecified atom stereocenters. The second-order valence-electron chi connectivity index (χ2n) is 4.71. The minimum absolute atomic E-state index is 0.0546. The molecule has 1 N–H and O–H groups in total. The molecule has 1 aliphatic carbocycles. The molecule has 0 spiro atoms. The molecule has 98 valence electrons. The Hall–Kier alpha value is -1.22. The zero-order valence-corrected chi connectivity index (χ0v) is 10.4. The Labute approximate surface area is 106 Å². The molecule has 1 fully saturated rings. The summed E-state index contributed by atoms with van der Waals surface area (Å²) in [6.07, 6.45) is 4.32. The molecule has 0 radical (unpaired) electrons. The predicted molar refractivity (Wildman–Crippen MR) is 64.1 cm³/mol. The van der Waals surface area contributed by atoms with Crippen LogP contribution in [-0.4, -0.2) is 42.0 Å². The van der Waals surface area contributed by atoms with E-state index < -0.39 is 11.6 Å². The number of nitrogens with zero attached hydrogens (tertiary/aromatic N) is 2. The lowest BCUT2D eigenvalue weighted by Gasteiger charge is -2.44. The van der Waals surface area contributed by atoms with E-state index in [9.17, 15) is 9.50 Å². The van der Waals surface area contributed by atoms with Crippen LogP contribution in [0.25, 0.3) is 0 Å². The third-order valence-electron chi connectivity index (χ3n) is 3.68. The summed E-state index contributed by atoms with van der Waals surface area (Å²) in [4.78, 5) is 2.02. The number of aliphatic hydroxyl groups excluding tert-OH is 1. The number of nitriles is 1. The molecule has 0 aromatic rings. The first kappa shape index (κ1) is 13.2. The molecule has 0 aromatic carbocycles. The van der Waals surface area contributed by atoms with Crippen LogP contribution in [0.2, 0.25) is 0 Å². The fraction of sp³-hybridized carbons (Fsp3) is 0.615. The summed E-state index contributed by atoms with van der Waals surface area (Å²) in [5.74, 6) is -0.437. The predicted octanol–water partition coefficient (Wildman–Crippen LogP) is 1.49. The average molecular weight is 252 g/mol. The molecule has 0 saturated carbocycles. The minimum atomic E-state index is -0.815. The first-order valence-electron chi connectivity index (χ1n) is 6.07. The van der Waals surface area contributed by atoms with Gasteiger partial charge in [0.15, 0.2) is 0 Å². The van der Waals surface area contributed by atoms with E-state index in [4.69, 9.17) is 10.00 Å². The molecule has 0 aromatic heterocycles. The number of piperidine rings is 1. The van der Waals surface area contributed by atoms with Crippen LogP contribution in [0, 0.1) is 11.3 Å². The van der Waals surface area contributed by atoms with Gasteiger partial charge in [0.25, 0.3) is 0 Å². The van der Waals surface area contributed by atoms with Crippen molar-refractivity contribution in [1.29, 1.82) is 5.26 Å². The lowest BCUT2D eigenvalue weighted by molar-refractivity contribution is -0.119. The highest BCUT2D eigenvalue weighted by Crippen LogP contribution is 2.35. The first-order chi connectivity index (χ1) is 8.61. The van der Waals surface area contributed by atoms with Crippen LogP contribution in [0.3, 0.4) is 0 Å². The average Bonchev–Trinajstić information content (AvgIpc) is 2.39. The molecule has 18 heavy (non-hydrogen) atoms.